The number of nitrogens with zero attached hydrogens (tertiary/aromatic N) is 1. The third-order valence-electron chi connectivity index (χ3n) is 3.18. The molecule has 0 spiro atoms. The number of anilines is 3. The fraction of sp³-hybridized carbons (Fsp3) is 0. The standard InChI is InChI=1S/C18H14ClN3O/c19-15-8-4-5-9-16(15)22-18(23)17-11-10-14(12-20-17)21-13-6-2-1-3-7-13/h1-12,21H,(H,22,23). The summed E-state index contributed by atoms with van der Waals surface area (Å²) in [4.78, 5) is 16.4. The van der Waals surface area contributed by atoms with Crippen LogP contribution in [0.15, 0.2) is 72.9 Å². The Kier molecular flexibility index (Phi) is 4.54. The van der Waals surface area contributed by atoms with Crippen LogP contribution in [0, 0.1) is 0 Å². The Balaban J connectivity index is 1.69. The van der Waals surface area contributed by atoms with E-state index in [1.807, 2.05) is 42.5 Å². The molecule has 0 aliphatic carbocycles. The first kappa shape index (κ1) is 15.1. The second-order valence-electron chi connectivity index (χ2n) is 4.86. The van der Waals surface area contributed by atoms with E-state index < -0.39 is 0 Å². The summed E-state index contributed by atoms with van der Waals surface area (Å²) in [5, 5.41) is 6.44. The lowest BCUT2D eigenvalue weighted by molar-refractivity contribution is 0.102. The van der Waals surface area contributed by atoms with Gasteiger partial charge in [-0.3, -0.25) is 4.79 Å². The van der Waals surface area contributed by atoms with Crippen molar-refractivity contribution >= 4 is 34.6 Å². The Bertz CT molecular complexity index is 804. The van der Waals surface area contributed by atoms with Crippen molar-refractivity contribution in [2.24, 2.45) is 0 Å². The Hall–Kier alpha value is -2.85. The number of pyridine rings is 1. The quantitative estimate of drug-likeness (QED) is 0.729. The highest BCUT2D eigenvalue weighted by Gasteiger charge is 2.09. The molecule has 2 N–H and O–H groups in total. The third kappa shape index (κ3) is 3.87. The van der Waals surface area contributed by atoms with Gasteiger partial charge in [-0.15, -0.1) is 0 Å². The molecule has 3 rings (SSSR count). The Morgan fingerprint density at radius 2 is 1.61 bits per heavy atom. The van der Waals surface area contributed by atoms with Crippen LogP contribution in [0.25, 0.3) is 0 Å². The van der Waals surface area contributed by atoms with Gasteiger partial charge in [0.25, 0.3) is 5.91 Å². The summed E-state index contributed by atoms with van der Waals surface area (Å²) in [5.74, 6) is -0.302. The van der Waals surface area contributed by atoms with Crippen molar-refractivity contribution in [1.82, 2.24) is 4.98 Å². The first-order valence-corrected chi connectivity index (χ1v) is 7.44. The van der Waals surface area contributed by atoms with Gasteiger partial charge in [-0.2, -0.15) is 0 Å². The van der Waals surface area contributed by atoms with Gasteiger partial charge in [0.15, 0.2) is 0 Å². The molecule has 3 aromatic rings. The number of nitrogens with one attached hydrogen (secondary N) is 2. The molecule has 2 aromatic carbocycles. The number of para-hydroxylation sites is 2. The molecule has 1 amide bonds. The van der Waals surface area contributed by atoms with E-state index in [-0.39, 0.29) is 5.91 Å². The van der Waals surface area contributed by atoms with Crippen LogP contribution < -0.4 is 10.6 Å². The summed E-state index contributed by atoms with van der Waals surface area (Å²) < 4.78 is 0. The van der Waals surface area contributed by atoms with Crippen LogP contribution >= 0.6 is 11.6 Å². The van der Waals surface area contributed by atoms with Gasteiger partial charge in [0, 0.05) is 5.69 Å². The molecule has 0 fully saturated rings. The normalized spacial score (nSPS) is 10.1. The number of hydrogen-bond acceptors (Lipinski definition) is 3. The minimum absolute atomic E-state index is 0.302. The largest absolute Gasteiger partial charge is 0.354 e. The number of rotatable bonds is 4. The molecule has 4 nitrogen and oxygen atoms in total. The van der Waals surface area contributed by atoms with Crippen molar-refractivity contribution in [3.63, 3.8) is 0 Å². The maximum absolute atomic E-state index is 12.2. The Morgan fingerprint density at radius 3 is 2.30 bits per heavy atom. The van der Waals surface area contributed by atoms with Gasteiger partial charge in [0.1, 0.15) is 5.69 Å². The van der Waals surface area contributed by atoms with Gasteiger partial charge in [0.05, 0.1) is 22.6 Å². The van der Waals surface area contributed by atoms with Crippen molar-refractivity contribution in [2.75, 3.05) is 10.6 Å². The lowest BCUT2D eigenvalue weighted by Crippen LogP contribution is -2.13. The van der Waals surface area contributed by atoms with Crippen molar-refractivity contribution in [2.45, 2.75) is 0 Å². The van der Waals surface area contributed by atoms with E-state index in [1.165, 1.54) is 0 Å². The number of hydrogen-bond donors (Lipinski definition) is 2. The lowest BCUT2D eigenvalue weighted by atomic mass is 10.2. The average molecular weight is 324 g/mol. The summed E-state index contributed by atoms with van der Waals surface area (Å²) in [6, 6.07) is 20.3. The predicted octanol–water partition coefficient (Wildman–Crippen LogP) is 4.73. The summed E-state index contributed by atoms with van der Waals surface area (Å²) in [5.41, 5.74) is 2.66. The van der Waals surface area contributed by atoms with E-state index in [0.29, 0.717) is 16.4 Å². The molecule has 0 aliphatic rings. The molecule has 0 bridgehead atoms. The summed E-state index contributed by atoms with van der Waals surface area (Å²) >= 11 is 6.03. The molecule has 1 aromatic heterocycles. The van der Waals surface area contributed by atoms with Crippen molar-refractivity contribution in [3.8, 4) is 0 Å². The summed E-state index contributed by atoms with van der Waals surface area (Å²) in [6.07, 6.45) is 1.62. The van der Waals surface area contributed by atoms with Gasteiger partial charge < -0.3 is 10.6 Å². The number of halogens is 1. The second-order valence-corrected chi connectivity index (χ2v) is 5.26. The molecule has 0 aliphatic heterocycles. The lowest BCUT2D eigenvalue weighted by Gasteiger charge is -2.08. The molecule has 0 atom stereocenters. The second kappa shape index (κ2) is 6.94. The zero-order chi connectivity index (χ0) is 16.1. The van der Waals surface area contributed by atoms with Crippen molar-refractivity contribution < 1.29 is 4.79 Å². The maximum atomic E-state index is 12.2. The highest BCUT2D eigenvalue weighted by atomic mass is 35.5. The zero-order valence-electron chi connectivity index (χ0n) is 12.2. The zero-order valence-corrected chi connectivity index (χ0v) is 12.9. The van der Waals surface area contributed by atoms with E-state index in [2.05, 4.69) is 15.6 Å². The van der Waals surface area contributed by atoms with E-state index in [9.17, 15) is 4.79 Å². The van der Waals surface area contributed by atoms with Crippen LogP contribution in [-0.2, 0) is 0 Å². The fourth-order valence-corrected chi connectivity index (χ4v) is 2.22. The molecule has 23 heavy (non-hydrogen) atoms. The van der Waals surface area contributed by atoms with Crippen LogP contribution in [0.1, 0.15) is 10.5 Å². The van der Waals surface area contributed by atoms with Crippen LogP contribution in [0.2, 0.25) is 5.02 Å². The van der Waals surface area contributed by atoms with E-state index in [4.69, 9.17) is 11.6 Å². The predicted molar refractivity (Wildman–Crippen MR) is 93.4 cm³/mol. The molecule has 0 radical (unpaired) electrons. The van der Waals surface area contributed by atoms with Crippen LogP contribution in [0.3, 0.4) is 0 Å². The molecule has 0 saturated carbocycles. The monoisotopic (exact) mass is 323 g/mol. The van der Waals surface area contributed by atoms with Crippen molar-refractivity contribution in [1.29, 1.82) is 0 Å². The molecule has 0 unspecified atom stereocenters. The number of amides is 1. The highest BCUT2D eigenvalue weighted by Crippen LogP contribution is 2.21. The van der Waals surface area contributed by atoms with E-state index in [1.54, 1.807) is 30.5 Å². The summed E-state index contributed by atoms with van der Waals surface area (Å²) in [6.45, 7) is 0. The van der Waals surface area contributed by atoms with Gasteiger partial charge >= 0.3 is 0 Å². The van der Waals surface area contributed by atoms with Crippen LogP contribution in [0.5, 0.6) is 0 Å². The van der Waals surface area contributed by atoms with E-state index >= 15 is 0 Å². The van der Waals surface area contributed by atoms with Gasteiger partial charge in [-0.25, -0.2) is 4.98 Å². The number of benzene rings is 2. The fourth-order valence-electron chi connectivity index (χ4n) is 2.04. The molecular formula is C18H14ClN3O. The van der Waals surface area contributed by atoms with Gasteiger partial charge in [0.2, 0.25) is 0 Å². The van der Waals surface area contributed by atoms with Gasteiger partial charge in [-0.05, 0) is 36.4 Å². The molecular weight excluding hydrogens is 310 g/mol. The first-order valence-electron chi connectivity index (χ1n) is 7.06. The number of aromatic nitrogens is 1. The SMILES string of the molecule is O=C(Nc1ccccc1Cl)c1ccc(Nc2ccccc2)cn1. The van der Waals surface area contributed by atoms with Gasteiger partial charge in [-0.1, -0.05) is 41.9 Å². The van der Waals surface area contributed by atoms with E-state index in [0.717, 1.165) is 11.4 Å². The topological polar surface area (TPSA) is 54.0 Å². The third-order valence-corrected chi connectivity index (χ3v) is 3.51. The minimum atomic E-state index is -0.302. The molecule has 5 heteroatoms. The van der Waals surface area contributed by atoms with Crippen LogP contribution in [-0.4, -0.2) is 10.9 Å². The molecule has 0 saturated heterocycles. The molecule has 114 valence electrons. The number of carbonyl (C=O) groups is 1. The highest BCUT2D eigenvalue weighted by molar-refractivity contribution is 6.33. The average Bonchev–Trinajstić information content (AvgIpc) is 2.58. The smallest absolute Gasteiger partial charge is 0.274 e. The Labute approximate surface area is 139 Å². The maximum Gasteiger partial charge on any atom is 0.274 e. The molecule has 1 heterocycles. The minimum Gasteiger partial charge on any atom is -0.354 e. The summed E-state index contributed by atoms with van der Waals surface area (Å²) in [7, 11) is 0. The van der Waals surface area contributed by atoms with Crippen LogP contribution in [0.4, 0.5) is 17.1 Å². The first-order chi connectivity index (χ1) is 11.2. The number of carbonyl (C=O) groups excluding carboxylic acids is 1. The Morgan fingerprint density at radius 1 is 0.870 bits per heavy atom. The van der Waals surface area contributed by atoms with Crippen molar-refractivity contribution in [3.05, 3.63) is 83.6 Å².